The summed E-state index contributed by atoms with van der Waals surface area (Å²) in [6.45, 7) is 0. The van der Waals surface area contributed by atoms with Crippen LogP contribution in [-0.4, -0.2) is 89.1 Å². The SMILES string of the molecule is CO[C@@]1(NC(=O)C(NC=O)c2ccccn2)C(=O)N2C(C(=O)O)=C(CSc3nnnn3C)CSC21. The molecule has 1 fully saturated rings. The van der Waals surface area contributed by atoms with E-state index in [1.54, 1.807) is 25.2 Å². The molecule has 0 aliphatic carbocycles. The third-order valence-electron chi connectivity index (χ3n) is 5.38. The number of fused-ring (bicyclic) bond motifs is 1. The summed E-state index contributed by atoms with van der Waals surface area (Å²) in [5, 5.41) is 25.6. The number of carboxylic acid groups (broad SMARTS) is 1. The number of β-lactam (4-membered cyclic amide) rings is 1. The first-order valence-electron chi connectivity index (χ1n) is 10.1. The van der Waals surface area contributed by atoms with Crippen LogP contribution in [-0.2, 0) is 31.0 Å². The predicted molar refractivity (Wildman–Crippen MR) is 121 cm³/mol. The van der Waals surface area contributed by atoms with Gasteiger partial charge in [0.2, 0.25) is 11.6 Å². The zero-order chi connectivity index (χ0) is 25.2. The maximum atomic E-state index is 13.3. The Labute approximate surface area is 206 Å². The van der Waals surface area contributed by atoms with Gasteiger partial charge < -0.3 is 20.5 Å². The van der Waals surface area contributed by atoms with E-state index in [1.165, 1.54) is 41.5 Å². The highest BCUT2D eigenvalue weighted by molar-refractivity contribution is 8.01. The second kappa shape index (κ2) is 10.0. The Bertz CT molecular complexity index is 1190. The van der Waals surface area contributed by atoms with Crippen molar-refractivity contribution in [1.82, 2.24) is 40.7 Å². The van der Waals surface area contributed by atoms with E-state index >= 15 is 0 Å². The van der Waals surface area contributed by atoms with Crippen LogP contribution >= 0.6 is 23.5 Å². The van der Waals surface area contributed by atoms with Crippen LogP contribution < -0.4 is 10.6 Å². The molecule has 4 heterocycles. The number of carbonyl (C=O) groups is 4. The van der Waals surface area contributed by atoms with E-state index in [9.17, 15) is 24.3 Å². The highest BCUT2D eigenvalue weighted by Gasteiger charge is 2.66. The van der Waals surface area contributed by atoms with Gasteiger partial charge in [0.1, 0.15) is 11.1 Å². The average Bonchev–Trinajstić information content (AvgIpc) is 3.28. The molecule has 0 spiro atoms. The number of carbonyl (C=O) groups excluding carboxylic acids is 3. The van der Waals surface area contributed by atoms with Crippen LogP contribution in [0, 0.1) is 0 Å². The summed E-state index contributed by atoms with van der Waals surface area (Å²) in [6, 6.07) is 3.66. The standard InChI is InChI=1S/C19H20N8O6S2/c1-26-18(23-24-25-26)35-8-10-7-34-17-19(33-2,16(32)27(17)13(10)15(30)31)22-14(29)12(21-9-28)11-5-3-4-6-20-11/h3-6,9,12,17H,7-8H2,1-2H3,(H,21,28)(H,22,29)(H,30,31)/t12?,17?,19-/m0/s1. The average molecular weight is 521 g/mol. The minimum Gasteiger partial charge on any atom is -0.477 e. The van der Waals surface area contributed by atoms with Gasteiger partial charge in [-0.15, -0.1) is 16.9 Å². The molecule has 2 aliphatic heterocycles. The minimum atomic E-state index is -1.81. The fraction of sp³-hybridized carbons (Fsp3) is 0.368. The number of methoxy groups -OCH3 is 1. The van der Waals surface area contributed by atoms with Crippen molar-refractivity contribution in [3.05, 3.63) is 41.4 Å². The molecule has 2 aromatic rings. The topological polar surface area (TPSA) is 182 Å². The van der Waals surface area contributed by atoms with Crippen molar-refractivity contribution >= 4 is 47.7 Å². The molecule has 4 rings (SSSR count). The highest BCUT2D eigenvalue weighted by Crippen LogP contribution is 2.47. The van der Waals surface area contributed by atoms with Crippen molar-refractivity contribution in [3.8, 4) is 0 Å². The monoisotopic (exact) mass is 520 g/mol. The molecule has 0 saturated carbocycles. The summed E-state index contributed by atoms with van der Waals surface area (Å²) in [5.74, 6) is -2.23. The molecule has 3 atom stereocenters. The van der Waals surface area contributed by atoms with Gasteiger partial charge in [-0.3, -0.25) is 24.3 Å². The van der Waals surface area contributed by atoms with Crippen molar-refractivity contribution in [3.63, 3.8) is 0 Å². The lowest BCUT2D eigenvalue weighted by atomic mass is 9.97. The van der Waals surface area contributed by atoms with Crippen LogP contribution in [0.1, 0.15) is 11.7 Å². The first kappa shape index (κ1) is 24.6. The highest BCUT2D eigenvalue weighted by atomic mass is 32.2. The Balaban J connectivity index is 1.57. The zero-order valence-electron chi connectivity index (χ0n) is 18.4. The van der Waals surface area contributed by atoms with Gasteiger partial charge in [0.05, 0.1) is 5.69 Å². The van der Waals surface area contributed by atoms with Crippen molar-refractivity contribution in [2.45, 2.75) is 22.3 Å². The van der Waals surface area contributed by atoms with Crippen molar-refractivity contribution in [1.29, 1.82) is 0 Å². The van der Waals surface area contributed by atoms with E-state index in [2.05, 4.69) is 31.1 Å². The van der Waals surface area contributed by atoms with Crippen LogP contribution in [0.2, 0.25) is 0 Å². The van der Waals surface area contributed by atoms with Crippen molar-refractivity contribution in [2.24, 2.45) is 7.05 Å². The van der Waals surface area contributed by atoms with E-state index in [0.29, 0.717) is 17.1 Å². The number of nitrogens with zero attached hydrogens (tertiary/aromatic N) is 6. The van der Waals surface area contributed by atoms with Gasteiger partial charge in [-0.05, 0) is 28.1 Å². The Kier molecular flexibility index (Phi) is 7.04. The Morgan fingerprint density at radius 1 is 1.46 bits per heavy atom. The van der Waals surface area contributed by atoms with Crippen molar-refractivity contribution < 1.29 is 29.0 Å². The van der Waals surface area contributed by atoms with Gasteiger partial charge in [0.15, 0.2) is 6.04 Å². The number of amides is 3. The number of nitrogens with one attached hydrogen (secondary N) is 2. The molecule has 0 radical (unpaired) electrons. The molecule has 35 heavy (non-hydrogen) atoms. The molecule has 2 unspecified atom stereocenters. The van der Waals surface area contributed by atoms with E-state index in [0.717, 1.165) is 4.90 Å². The maximum absolute atomic E-state index is 13.3. The van der Waals surface area contributed by atoms with Gasteiger partial charge in [0.25, 0.3) is 17.5 Å². The Morgan fingerprint density at radius 3 is 2.86 bits per heavy atom. The number of hydrogen-bond acceptors (Lipinski definition) is 11. The second-order valence-corrected chi connectivity index (χ2v) is 9.38. The number of rotatable bonds is 10. The molecule has 184 valence electrons. The smallest absolute Gasteiger partial charge is 0.352 e. The summed E-state index contributed by atoms with van der Waals surface area (Å²) in [5.41, 5.74) is -1.22. The second-order valence-electron chi connectivity index (χ2n) is 7.37. The van der Waals surface area contributed by atoms with Gasteiger partial charge >= 0.3 is 5.97 Å². The first-order chi connectivity index (χ1) is 16.8. The Morgan fingerprint density at radius 2 is 2.26 bits per heavy atom. The summed E-state index contributed by atoms with van der Waals surface area (Å²) < 4.78 is 6.91. The van der Waals surface area contributed by atoms with Gasteiger partial charge in [-0.1, -0.05) is 17.8 Å². The fourth-order valence-corrected chi connectivity index (χ4v) is 6.14. The molecule has 2 aliphatic rings. The number of carboxylic acids is 1. The normalized spacial score (nSPS) is 22.2. The van der Waals surface area contributed by atoms with E-state index in [-0.39, 0.29) is 22.9 Å². The molecule has 14 nitrogen and oxygen atoms in total. The van der Waals surface area contributed by atoms with E-state index in [4.69, 9.17) is 4.74 Å². The predicted octanol–water partition coefficient (Wildman–Crippen LogP) is -1.10. The number of aryl methyl sites for hydroxylation is 1. The lowest BCUT2D eigenvalue weighted by Crippen LogP contribution is -2.81. The van der Waals surface area contributed by atoms with Crippen LogP contribution in [0.25, 0.3) is 0 Å². The molecule has 3 N–H and O–H groups in total. The molecular weight excluding hydrogens is 500 g/mol. The number of thioether (sulfide) groups is 2. The number of tetrazole rings is 1. The number of hydrogen-bond donors (Lipinski definition) is 3. The summed E-state index contributed by atoms with van der Waals surface area (Å²) in [7, 11) is 2.91. The largest absolute Gasteiger partial charge is 0.477 e. The van der Waals surface area contributed by atoms with Gasteiger partial charge in [-0.25, -0.2) is 9.48 Å². The lowest BCUT2D eigenvalue weighted by Gasteiger charge is -2.56. The molecule has 0 bridgehead atoms. The first-order valence-corrected chi connectivity index (χ1v) is 12.1. The lowest BCUT2D eigenvalue weighted by molar-refractivity contribution is -0.193. The van der Waals surface area contributed by atoms with E-state index < -0.39 is 34.9 Å². The van der Waals surface area contributed by atoms with Gasteiger partial charge in [0, 0.05) is 31.9 Å². The van der Waals surface area contributed by atoms with Crippen molar-refractivity contribution in [2.75, 3.05) is 18.6 Å². The summed E-state index contributed by atoms with van der Waals surface area (Å²) in [6.07, 6.45) is 1.81. The number of ether oxygens (including phenoxy) is 1. The zero-order valence-corrected chi connectivity index (χ0v) is 20.1. The molecular formula is C19H20N8O6S2. The van der Waals surface area contributed by atoms with Crippen LogP contribution in [0.5, 0.6) is 0 Å². The number of aliphatic carboxylic acids is 1. The molecule has 2 aromatic heterocycles. The third-order valence-corrected chi connectivity index (χ3v) is 7.85. The van der Waals surface area contributed by atoms with Crippen LogP contribution in [0.4, 0.5) is 0 Å². The quantitative estimate of drug-likeness (QED) is 0.149. The van der Waals surface area contributed by atoms with E-state index in [1.807, 2.05) is 0 Å². The maximum Gasteiger partial charge on any atom is 0.352 e. The molecule has 3 amide bonds. The Hall–Kier alpha value is -3.50. The van der Waals surface area contributed by atoms with Crippen LogP contribution in [0.3, 0.4) is 0 Å². The molecule has 16 heteroatoms. The fourth-order valence-electron chi connectivity index (χ4n) is 3.71. The third kappa shape index (κ3) is 4.35. The number of pyridine rings is 1. The number of aromatic nitrogens is 5. The summed E-state index contributed by atoms with van der Waals surface area (Å²) >= 11 is 2.49. The van der Waals surface area contributed by atoms with Gasteiger partial charge in [-0.2, -0.15) is 0 Å². The minimum absolute atomic E-state index is 0.171. The summed E-state index contributed by atoms with van der Waals surface area (Å²) in [4.78, 5) is 54.8. The van der Waals surface area contributed by atoms with Crippen LogP contribution in [0.15, 0.2) is 40.8 Å². The molecule has 1 saturated heterocycles. The molecule has 0 aromatic carbocycles.